The van der Waals surface area contributed by atoms with E-state index in [2.05, 4.69) is 21.2 Å². The van der Waals surface area contributed by atoms with Crippen LogP contribution in [0.25, 0.3) is 0 Å². The van der Waals surface area contributed by atoms with Gasteiger partial charge in [-0.15, -0.1) is 0 Å². The highest BCUT2D eigenvalue weighted by Gasteiger charge is 2.31. The zero-order valence-electron chi connectivity index (χ0n) is 9.88. The Balaban J connectivity index is 2.17. The highest BCUT2D eigenvalue weighted by Crippen LogP contribution is 2.33. The van der Waals surface area contributed by atoms with Crippen LogP contribution < -0.4 is 11.1 Å². The van der Waals surface area contributed by atoms with Crippen molar-refractivity contribution in [2.45, 2.75) is 37.6 Å². The SMILES string of the molecule is Nc1cc(Br)ccc1NC1(CO)CCCCC1. The molecule has 1 fully saturated rings. The molecule has 0 spiro atoms. The summed E-state index contributed by atoms with van der Waals surface area (Å²) in [6.45, 7) is 0.169. The van der Waals surface area contributed by atoms with Crippen LogP contribution in [0.3, 0.4) is 0 Å². The number of hydrogen-bond donors (Lipinski definition) is 3. The van der Waals surface area contributed by atoms with Crippen LogP contribution in [0, 0.1) is 0 Å². The predicted octanol–water partition coefficient (Wildman–Crippen LogP) is 3.14. The lowest BCUT2D eigenvalue weighted by Gasteiger charge is -2.37. The molecule has 1 aliphatic carbocycles. The third-order valence-electron chi connectivity index (χ3n) is 3.53. The van der Waals surface area contributed by atoms with Crippen LogP contribution in [-0.2, 0) is 0 Å². The summed E-state index contributed by atoms with van der Waals surface area (Å²) in [5.74, 6) is 0. The fourth-order valence-electron chi connectivity index (χ4n) is 2.48. The van der Waals surface area contributed by atoms with E-state index in [1.807, 2.05) is 18.2 Å². The van der Waals surface area contributed by atoms with Crippen LogP contribution >= 0.6 is 15.9 Å². The van der Waals surface area contributed by atoms with Gasteiger partial charge in [-0.3, -0.25) is 0 Å². The van der Waals surface area contributed by atoms with E-state index in [1.165, 1.54) is 19.3 Å². The number of nitrogens with two attached hydrogens (primary N) is 1. The molecular weight excluding hydrogens is 280 g/mol. The molecular formula is C13H19BrN2O. The molecule has 1 saturated carbocycles. The largest absolute Gasteiger partial charge is 0.397 e. The molecule has 0 saturated heterocycles. The summed E-state index contributed by atoms with van der Waals surface area (Å²) in [4.78, 5) is 0. The fourth-order valence-corrected chi connectivity index (χ4v) is 2.86. The Bertz CT molecular complexity index is 389. The number of aliphatic hydroxyl groups excluding tert-OH is 1. The Morgan fingerprint density at radius 3 is 2.59 bits per heavy atom. The number of rotatable bonds is 3. The summed E-state index contributed by atoms with van der Waals surface area (Å²) in [7, 11) is 0. The summed E-state index contributed by atoms with van der Waals surface area (Å²) in [6, 6.07) is 5.81. The lowest BCUT2D eigenvalue weighted by atomic mass is 9.82. The summed E-state index contributed by atoms with van der Waals surface area (Å²) < 4.78 is 0.974. The predicted molar refractivity (Wildman–Crippen MR) is 75.1 cm³/mol. The molecule has 1 aromatic carbocycles. The highest BCUT2D eigenvalue weighted by molar-refractivity contribution is 9.10. The molecule has 4 N–H and O–H groups in total. The van der Waals surface area contributed by atoms with Crippen LogP contribution in [0.1, 0.15) is 32.1 Å². The molecule has 0 aromatic heterocycles. The van der Waals surface area contributed by atoms with Gasteiger partial charge in [0.05, 0.1) is 23.5 Å². The van der Waals surface area contributed by atoms with Crippen molar-refractivity contribution in [1.82, 2.24) is 0 Å². The Kier molecular flexibility index (Phi) is 3.94. The molecule has 17 heavy (non-hydrogen) atoms. The van der Waals surface area contributed by atoms with E-state index >= 15 is 0 Å². The molecule has 0 aliphatic heterocycles. The molecule has 0 atom stereocenters. The van der Waals surface area contributed by atoms with Crippen molar-refractivity contribution in [3.8, 4) is 0 Å². The van der Waals surface area contributed by atoms with E-state index in [0.717, 1.165) is 28.7 Å². The summed E-state index contributed by atoms with van der Waals surface area (Å²) in [5, 5.41) is 13.1. The third kappa shape index (κ3) is 2.93. The van der Waals surface area contributed by atoms with Gasteiger partial charge in [0.15, 0.2) is 0 Å². The maximum atomic E-state index is 9.64. The second kappa shape index (κ2) is 5.27. The van der Waals surface area contributed by atoms with Crippen molar-refractivity contribution in [2.75, 3.05) is 17.7 Å². The molecule has 0 amide bonds. The molecule has 2 rings (SSSR count). The molecule has 1 aliphatic rings. The number of aliphatic hydroxyl groups is 1. The highest BCUT2D eigenvalue weighted by atomic mass is 79.9. The second-order valence-electron chi connectivity index (χ2n) is 4.86. The number of halogens is 1. The number of benzene rings is 1. The van der Waals surface area contributed by atoms with E-state index in [9.17, 15) is 5.11 Å². The third-order valence-corrected chi connectivity index (χ3v) is 4.02. The van der Waals surface area contributed by atoms with Crippen LogP contribution in [0.4, 0.5) is 11.4 Å². The van der Waals surface area contributed by atoms with Crippen molar-refractivity contribution in [3.05, 3.63) is 22.7 Å². The molecule has 94 valence electrons. The Morgan fingerprint density at radius 2 is 2.00 bits per heavy atom. The van der Waals surface area contributed by atoms with E-state index in [1.54, 1.807) is 0 Å². The lowest BCUT2D eigenvalue weighted by molar-refractivity contribution is 0.173. The molecule has 0 radical (unpaired) electrons. The zero-order valence-corrected chi connectivity index (χ0v) is 11.5. The van der Waals surface area contributed by atoms with E-state index in [0.29, 0.717) is 0 Å². The van der Waals surface area contributed by atoms with Crippen molar-refractivity contribution < 1.29 is 5.11 Å². The van der Waals surface area contributed by atoms with Gasteiger partial charge in [-0.1, -0.05) is 35.2 Å². The van der Waals surface area contributed by atoms with Crippen molar-refractivity contribution >= 4 is 27.3 Å². The van der Waals surface area contributed by atoms with Crippen molar-refractivity contribution in [1.29, 1.82) is 0 Å². The average Bonchev–Trinajstić information content (AvgIpc) is 2.34. The van der Waals surface area contributed by atoms with Crippen molar-refractivity contribution in [2.24, 2.45) is 0 Å². The van der Waals surface area contributed by atoms with E-state index < -0.39 is 0 Å². The Labute approximate surface area is 111 Å². The first-order valence-corrected chi connectivity index (χ1v) is 6.89. The zero-order chi connectivity index (χ0) is 12.3. The van der Waals surface area contributed by atoms with Gasteiger partial charge < -0.3 is 16.2 Å². The number of hydrogen-bond acceptors (Lipinski definition) is 3. The fraction of sp³-hybridized carbons (Fsp3) is 0.538. The van der Waals surface area contributed by atoms with E-state index in [-0.39, 0.29) is 12.1 Å². The standard InChI is InChI=1S/C13H19BrN2O/c14-10-4-5-12(11(15)8-10)16-13(9-17)6-2-1-3-7-13/h4-5,8,16-17H,1-3,6-7,9,15H2. The van der Waals surface area contributed by atoms with Crippen LogP contribution in [0.2, 0.25) is 0 Å². The van der Waals surface area contributed by atoms with Gasteiger partial charge in [-0.05, 0) is 31.0 Å². The maximum absolute atomic E-state index is 9.64. The Morgan fingerprint density at radius 1 is 1.29 bits per heavy atom. The molecule has 0 heterocycles. The first-order chi connectivity index (χ1) is 8.15. The van der Waals surface area contributed by atoms with Crippen LogP contribution in [0.5, 0.6) is 0 Å². The van der Waals surface area contributed by atoms with Gasteiger partial charge in [0.25, 0.3) is 0 Å². The summed E-state index contributed by atoms with van der Waals surface area (Å²) in [5.41, 5.74) is 7.44. The van der Waals surface area contributed by atoms with Crippen molar-refractivity contribution in [3.63, 3.8) is 0 Å². The minimum atomic E-state index is -0.180. The van der Waals surface area contributed by atoms with Crippen LogP contribution in [-0.4, -0.2) is 17.3 Å². The number of anilines is 2. The number of nitrogen functional groups attached to an aromatic ring is 1. The molecule has 1 aromatic rings. The van der Waals surface area contributed by atoms with Gasteiger partial charge in [-0.25, -0.2) is 0 Å². The quantitative estimate of drug-likeness (QED) is 0.752. The first kappa shape index (κ1) is 12.7. The van der Waals surface area contributed by atoms with E-state index in [4.69, 9.17) is 5.73 Å². The van der Waals surface area contributed by atoms with Gasteiger partial charge in [0.2, 0.25) is 0 Å². The average molecular weight is 299 g/mol. The molecule has 4 heteroatoms. The summed E-state index contributed by atoms with van der Waals surface area (Å²) in [6.07, 6.45) is 5.63. The minimum Gasteiger partial charge on any atom is -0.397 e. The number of nitrogens with one attached hydrogen (secondary N) is 1. The smallest absolute Gasteiger partial charge is 0.0661 e. The normalized spacial score (nSPS) is 18.9. The topological polar surface area (TPSA) is 58.3 Å². The second-order valence-corrected chi connectivity index (χ2v) is 5.77. The molecule has 0 unspecified atom stereocenters. The monoisotopic (exact) mass is 298 g/mol. The van der Waals surface area contributed by atoms with Gasteiger partial charge in [0.1, 0.15) is 0 Å². The van der Waals surface area contributed by atoms with Gasteiger partial charge >= 0.3 is 0 Å². The van der Waals surface area contributed by atoms with Crippen LogP contribution in [0.15, 0.2) is 22.7 Å². The van der Waals surface area contributed by atoms with Gasteiger partial charge in [-0.2, -0.15) is 0 Å². The summed E-state index contributed by atoms with van der Waals surface area (Å²) >= 11 is 3.39. The minimum absolute atomic E-state index is 0.169. The van der Waals surface area contributed by atoms with Gasteiger partial charge in [0, 0.05) is 4.47 Å². The lowest BCUT2D eigenvalue weighted by Crippen LogP contribution is -2.44. The first-order valence-electron chi connectivity index (χ1n) is 6.09. The molecule has 0 bridgehead atoms. The Hall–Kier alpha value is -0.740. The maximum Gasteiger partial charge on any atom is 0.0661 e. The molecule has 3 nitrogen and oxygen atoms in total.